The minimum atomic E-state index is -4.25. The van der Waals surface area contributed by atoms with Crippen LogP contribution in [0.15, 0.2) is 34.5 Å². The fraction of sp³-hybridized carbons (Fsp3) is 0.708. The minimum absolute atomic E-state index is 0.0762. The zero-order valence-corrected chi connectivity index (χ0v) is 45.9. The van der Waals surface area contributed by atoms with Crippen LogP contribution in [0.3, 0.4) is 0 Å². The fourth-order valence-corrected chi connectivity index (χ4v) is 10.1. The Morgan fingerprint density at radius 1 is 0.853 bits per heavy atom. The number of halogens is 1. The molecule has 0 bridgehead atoms. The van der Waals surface area contributed by atoms with Crippen molar-refractivity contribution in [3.63, 3.8) is 0 Å². The maximum absolute atomic E-state index is 11.2. The topological polar surface area (TPSA) is 273 Å². The average Bonchev–Trinajstić information content (AvgIpc) is 4.18. The lowest BCUT2D eigenvalue weighted by Gasteiger charge is -2.55. The largest absolute Gasteiger partial charge is 0.491 e. The number of hydrogen-bond acceptors (Lipinski definition) is 22. The molecule has 1 aromatic carbocycles. The molecule has 3 fully saturated rings. The number of rotatable bonds is 36. The van der Waals surface area contributed by atoms with E-state index in [4.69, 9.17) is 84.3 Å². The first-order valence-electron chi connectivity index (χ1n) is 25.7. The van der Waals surface area contributed by atoms with Crippen LogP contribution >= 0.6 is 30.5 Å². The number of hydrogen-bond donors (Lipinski definition) is 3. The molecule has 75 heavy (non-hydrogen) atoms. The number of aliphatic imine (C=N–C) groups is 1. The van der Waals surface area contributed by atoms with E-state index in [0.29, 0.717) is 136 Å². The maximum atomic E-state index is 11.2. The highest BCUT2D eigenvalue weighted by atomic mass is 35.5. The van der Waals surface area contributed by atoms with Crippen molar-refractivity contribution in [1.82, 2.24) is 24.7 Å². The van der Waals surface area contributed by atoms with E-state index in [1.165, 1.54) is 0 Å². The van der Waals surface area contributed by atoms with Crippen molar-refractivity contribution in [1.29, 1.82) is 0 Å². The number of piperidine rings is 1. The van der Waals surface area contributed by atoms with E-state index in [2.05, 4.69) is 35.0 Å². The highest BCUT2D eigenvalue weighted by molar-refractivity contribution is 7.51. The van der Waals surface area contributed by atoms with E-state index >= 15 is 0 Å². The molecule has 3 saturated heterocycles. The van der Waals surface area contributed by atoms with Gasteiger partial charge in [0.1, 0.15) is 30.2 Å². The molecule has 3 aliphatic heterocycles. The average molecular weight is 1120 g/mol. The van der Waals surface area contributed by atoms with Crippen LogP contribution < -0.4 is 20.4 Å². The molecule has 0 radical (unpaired) electrons. The van der Waals surface area contributed by atoms with Crippen LogP contribution in [0.25, 0.3) is 21.3 Å². The molecule has 3 aliphatic rings. The predicted molar refractivity (Wildman–Crippen MR) is 286 cm³/mol. The quantitative estimate of drug-likeness (QED) is 0.0135. The van der Waals surface area contributed by atoms with Crippen molar-refractivity contribution in [2.45, 2.75) is 58.8 Å². The van der Waals surface area contributed by atoms with Gasteiger partial charge in [0.05, 0.1) is 140 Å². The summed E-state index contributed by atoms with van der Waals surface area (Å²) >= 11 is 8.17. The van der Waals surface area contributed by atoms with E-state index in [1.54, 1.807) is 28.4 Å². The molecule has 4 aromatic rings. The number of thiazole rings is 1. The summed E-state index contributed by atoms with van der Waals surface area (Å²) in [7, 11) is -4.25. The van der Waals surface area contributed by atoms with Crippen LogP contribution in [0.1, 0.15) is 52.7 Å². The Morgan fingerprint density at radius 2 is 1.49 bits per heavy atom. The Hall–Kier alpha value is -3.76. The van der Waals surface area contributed by atoms with Crippen LogP contribution in [0.2, 0.25) is 5.28 Å². The van der Waals surface area contributed by atoms with E-state index < -0.39 is 20.2 Å². The highest BCUT2D eigenvalue weighted by Crippen LogP contribution is 2.45. The first-order chi connectivity index (χ1) is 36.6. The van der Waals surface area contributed by atoms with Crippen LogP contribution in [-0.2, 0) is 51.9 Å². The van der Waals surface area contributed by atoms with Gasteiger partial charge in [-0.3, -0.25) is 9.56 Å². The Balaban J connectivity index is 0.00000452. The number of anilines is 2. The summed E-state index contributed by atoms with van der Waals surface area (Å²) in [5, 5.41) is 10.2. The number of aromatic nitrogens is 5. The Bertz CT molecular complexity index is 2380. The lowest BCUT2D eigenvalue weighted by atomic mass is 9.73. The first-order valence-corrected chi connectivity index (χ1v) is 28.7. The normalized spacial score (nSPS) is 17.9. The van der Waals surface area contributed by atoms with Gasteiger partial charge in [-0.15, -0.1) is 0 Å². The summed E-state index contributed by atoms with van der Waals surface area (Å²) in [6, 6.07) is 5.99. The first kappa shape index (κ1) is 60.5. The minimum Gasteiger partial charge on any atom is -0.491 e. The fourth-order valence-electron chi connectivity index (χ4n) is 8.54. The molecule has 3 aromatic heterocycles. The SMILES string of the molecule is CC.CCOCCOCCOCCOCCN=C/C(COCCOCCOCCOCCOc1ccc2nc(N3CCCC4(C3)CN(c3nc(Cl)nc5c3cnn5C3CCC(COCP(=O)(O)O)O3)C4)sc2c1)=N\N. The second-order valence-corrected chi connectivity index (χ2v) is 20.5. The van der Waals surface area contributed by atoms with Gasteiger partial charge in [0.2, 0.25) is 5.28 Å². The van der Waals surface area contributed by atoms with Crippen LogP contribution in [0, 0.1) is 5.41 Å². The summed E-state index contributed by atoms with van der Waals surface area (Å²) in [6.07, 6.45) is 5.40. The standard InChI is InChI=1S/C46H70ClN10O14PS.C2H6/c1-2-61-12-13-63-16-17-64-15-14-62-11-9-49-27-35(54-48)29-68-23-22-66-19-18-65-20-21-67-24-25-70-36-4-6-39-40(26-36)73-45(51-39)55-10-3-8-46(31-55)32-56(33-46)42-38-28-50-57(43(38)53-44(47)52-42)41-7-5-37(71-41)30-69-34-72(58,59)60;1-2/h4,6,26-28,37,41H,2-3,5,7-25,29-34,48H2,1H3,(H2,58,59,60);1-2H3/b49-27?,54-35+;. The van der Waals surface area contributed by atoms with E-state index in [-0.39, 0.29) is 30.0 Å². The van der Waals surface area contributed by atoms with Gasteiger partial charge in [0.25, 0.3) is 0 Å². The molecular weight excluding hydrogens is 1040 g/mol. The molecule has 6 heterocycles. The molecule has 27 heteroatoms. The van der Waals surface area contributed by atoms with Gasteiger partial charge in [0.15, 0.2) is 17.0 Å². The molecule has 4 N–H and O–H groups in total. The van der Waals surface area contributed by atoms with Gasteiger partial charge >= 0.3 is 7.60 Å². The molecule has 0 aliphatic carbocycles. The van der Waals surface area contributed by atoms with Crippen molar-refractivity contribution in [2.24, 2.45) is 21.4 Å². The number of nitrogens with two attached hydrogens (primary N) is 1. The van der Waals surface area contributed by atoms with Crippen LogP contribution in [0.4, 0.5) is 10.9 Å². The zero-order valence-electron chi connectivity index (χ0n) is 43.5. The van der Waals surface area contributed by atoms with Crippen molar-refractivity contribution >= 4 is 74.7 Å². The maximum Gasteiger partial charge on any atom is 0.350 e. The van der Waals surface area contributed by atoms with Gasteiger partial charge in [-0.25, -0.2) is 9.67 Å². The Morgan fingerprint density at radius 3 is 2.16 bits per heavy atom. The molecule has 420 valence electrons. The third kappa shape index (κ3) is 20.2. The summed E-state index contributed by atoms with van der Waals surface area (Å²) < 4.78 is 75.4. The van der Waals surface area contributed by atoms with Gasteiger partial charge in [-0.2, -0.15) is 20.2 Å². The van der Waals surface area contributed by atoms with Crippen molar-refractivity contribution < 1.29 is 66.5 Å². The molecule has 0 amide bonds. The molecule has 0 saturated carbocycles. The van der Waals surface area contributed by atoms with Crippen molar-refractivity contribution in [2.75, 3.05) is 168 Å². The van der Waals surface area contributed by atoms with E-state index in [9.17, 15) is 4.57 Å². The summed E-state index contributed by atoms with van der Waals surface area (Å²) in [5.74, 6) is 6.98. The summed E-state index contributed by atoms with van der Waals surface area (Å²) in [5.41, 5.74) is 2.11. The van der Waals surface area contributed by atoms with Crippen molar-refractivity contribution in [3.8, 4) is 5.75 Å². The summed E-state index contributed by atoms with van der Waals surface area (Å²) in [6.45, 7) is 17.9. The zero-order chi connectivity index (χ0) is 53.1. The Labute approximate surface area is 447 Å². The molecular formula is C48H76ClN10O14PS. The molecule has 7 rings (SSSR count). The second-order valence-electron chi connectivity index (χ2n) is 17.5. The number of benzene rings is 1. The summed E-state index contributed by atoms with van der Waals surface area (Å²) in [4.78, 5) is 41.3. The van der Waals surface area contributed by atoms with Gasteiger partial charge < -0.3 is 77.5 Å². The third-order valence-electron chi connectivity index (χ3n) is 11.9. The van der Waals surface area contributed by atoms with Crippen molar-refractivity contribution in [3.05, 3.63) is 29.7 Å². The molecule has 2 unspecified atom stereocenters. The lowest BCUT2D eigenvalue weighted by Crippen LogP contribution is -2.63. The number of hydrazone groups is 1. The second kappa shape index (κ2) is 32.9. The molecule has 2 atom stereocenters. The van der Waals surface area contributed by atoms with Crippen LogP contribution in [0.5, 0.6) is 5.75 Å². The molecule has 24 nitrogen and oxygen atoms in total. The van der Waals surface area contributed by atoms with Gasteiger partial charge in [-0.05, 0) is 62.4 Å². The van der Waals surface area contributed by atoms with Gasteiger partial charge in [-0.1, -0.05) is 25.2 Å². The third-order valence-corrected chi connectivity index (χ3v) is 13.7. The molecule has 1 spiro atoms. The lowest BCUT2D eigenvalue weighted by molar-refractivity contribution is -0.0391. The number of ether oxygens (including phenoxy) is 11. The van der Waals surface area contributed by atoms with Gasteiger partial charge in [0, 0.05) is 44.4 Å². The van der Waals surface area contributed by atoms with E-state index in [1.807, 2.05) is 39.0 Å². The monoisotopic (exact) mass is 1110 g/mol. The Kier molecular flexibility index (Phi) is 26.5. The predicted octanol–water partition coefficient (Wildman–Crippen LogP) is 4.97. The highest BCUT2D eigenvalue weighted by Gasteiger charge is 2.47. The smallest absolute Gasteiger partial charge is 0.350 e. The number of nitrogens with zero attached hydrogens (tertiary/aromatic N) is 9. The number of fused-ring (bicyclic) bond motifs is 2. The van der Waals surface area contributed by atoms with Crippen LogP contribution in [-0.4, -0.2) is 211 Å². The van der Waals surface area contributed by atoms with E-state index in [0.717, 1.165) is 71.3 Å².